The van der Waals surface area contributed by atoms with E-state index in [9.17, 15) is 8.42 Å². The summed E-state index contributed by atoms with van der Waals surface area (Å²) in [6, 6.07) is 4.93. The van der Waals surface area contributed by atoms with Crippen LogP contribution in [0.3, 0.4) is 0 Å². The molecule has 0 aromatic heterocycles. The molecule has 1 N–H and O–H groups in total. The summed E-state index contributed by atoms with van der Waals surface area (Å²) in [5, 5.41) is 0. The van der Waals surface area contributed by atoms with Crippen molar-refractivity contribution in [2.24, 2.45) is 0 Å². The monoisotopic (exact) mass is 313 g/mol. The maximum absolute atomic E-state index is 12.3. The first kappa shape index (κ1) is 16.3. The Morgan fingerprint density at radius 1 is 1.43 bits per heavy atom. The van der Waals surface area contributed by atoms with Crippen LogP contribution in [0.5, 0.6) is 5.75 Å². The predicted molar refractivity (Wildman–Crippen MR) is 81.1 cm³/mol. The molecule has 1 saturated heterocycles. The fraction of sp³-hybridized carbons (Fsp3) is 0.600. The fourth-order valence-electron chi connectivity index (χ4n) is 2.25. The summed E-state index contributed by atoms with van der Waals surface area (Å²) in [5.41, 5.74) is 0.823. The van der Waals surface area contributed by atoms with Gasteiger partial charge in [-0.15, -0.1) is 0 Å². The topological polar surface area (TPSA) is 64.6 Å². The number of ether oxygens (including phenoxy) is 2. The Hall–Kier alpha value is -1.11. The lowest BCUT2D eigenvalue weighted by atomic mass is 10.2. The minimum Gasteiger partial charge on any atom is -0.493 e. The van der Waals surface area contributed by atoms with E-state index in [0.29, 0.717) is 13.2 Å². The standard InChI is InChI=1S/C15H23NO4S/c1-3-8-20-15-7-6-14(10-12(15)2)21(17,18)16-11-13-5-4-9-19-13/h6-7,10,13,16H,3-5,8-9,11H2,1-2H3/t13-/m0/s1. The van der Waals surface area contributed by atoms with Gasteiger partial charge in [0.25, 0.3) is 0 Å². The molecule has 0 unspecified atom stereocenters. The van der Waals surface area contributed by atoms with Gasteiger partial charge >= 0.3 is 0 Å². The molecule has 0 spiro atoms. The molecule has 0 aliphatic carbocycles. The third kappa shape index (κ3) is 4.43. The van der Waals surface area contributed by atoms with Gasteiger partial charge in [-0.1, -0.05) is 6.92 Å². The van der Waals surface area contributed by atoms with Gasteiger partial charge in [0.05, 0.1) is 17.6 Å². The molecule has 0 saturated carbocycles. The molecule has 0 amide bonds. The van der Waals surface area contributed by atoms with E-state index in [0.717, 1.165) is 37.2 Å². The van der Waals surface area contributed by atoms with Crippen LogP contribution in [0, 0.1) is 6.92 Å². The number of hydrogen-bond acceptors (Lipinski definition) is 4. The van der Waals surface area contributed by atoms with Gasteiger partial charge in [0.1, 0.15) is 5.75 Å². The van der Waals surface area contributed by atoms with E-state index < -0.39 is 10.0 Å². The highest BCUT2D eigenvalue weighted by molar-refractivity contribution is 7.89. The van der Waals surface area contributed by atoms with E-state index in [1.54, 1.807) is 18.2 Å². The molecule has 21 heavy (non-hydrogen) atoms. The summed E-state index contributed by atoms with van der Waals surface area (Å²) < 4.78 is 38.1. The maximum atomic E-state index is 12.3. The van der Waals surface area contributed by atoms with E-state index in [1.165, 1.54) is 0 Å². The quantitative estimate of drug-likeness (QED) is 0.838. The molecule has 5 nitrogen and oxygen atoms in total. The Morgan fingerprint density at radius 2 is 2.24 bits per heavy atom. The number of nitrogens with one attached hydrogen (secondary N) is 1. The molecule has 118 valence electrons. The summed E-state index contributed by atoms with van der Waals surface area (Å²) in [7, 11) is -3.49. The summed E-state index contributed by atoms with van der Waals surface area (Å²) in [6.45, 7) is 5.56. The molecular weight excluding hydrogens is 290 g/mol. The molecule has 6 heteroatoms. The van der Waals surface area contributed by atoms with Crippen molar-refractivity contribution in [2.75, 3.05) is 19.8 Å². The van der Waals surface area contributed by atoms with Crippen LogP contribution in [0.4, 0.5) is 0 Å². The van der Waals surface area contributed by atoms with Gasteiger partial charge < -0.3 is 9.47 Å². The van der Waals surface area contributed by atoms with Crippen molar-refractivity contribution < 1.29 is 17.9 Å². The molecular formula is C15H23NO4S. The lowest BCUT2D eigenvalue weighted by Gasteiger charge is -2.13. The third-order valence-corrected chi connectivity index (χ3v) is 4.86. The lowest BCUT2D eigenvalue weighted by molar-refractivity contribution is 0.114. The van der Waals surface area contributed by atoms with Gasteiger partial charge in [-0.05, 0) is 49.9 Å². The highest BCUT2D eigenvalue weighted by atomic mass is 32.2. The zero-order chi connectivity index (χ0) is 15.3. The van der Waals surface area contributed by atoms with Crippen molar-refractivity contribution in [1.29, 1.82) is 0 Å². The Kier molecular flexibility index (Phi) is 5.61. The zero-order valence-corrected chi connectivity index (χ0v) is 13.4. The van der Waals surface area contributed by atoms with Crippen molar-refractivity contribution in [3.63, 3.8) is 0 Å². The Balaban J connectivity index is 2.03. The van der Waals surface area contributed by atoms with Crippen LogP contribution >= 0.6 is 0 Å². The van der Waals surface area contributed by atoms with E-state index in [4.69, 9.17) is 9.47 Å². The van der Waals surface area contributed by atoms with Crippen molar-refractivity contribution in [1.82, 2.24) is 4.72 Å². The average Bonchev–Trinajstić information content (AvgIpc) is 2.97. The highest BCUT2D eigenvalue weighted by Crippen LogP contribution is 2.22. The third-order valence-electron chi connectivity index (χ3n) is 3.44. The normalized spacial score (nSPS) is 18.9. The van der Waals surface area contributed by atoms with Crippen LogP contribution in [0.2, 0.25) is 0 Å². The van der Waals surface area contributed by atoms with Crippen LogP contribution in [0.25, 0.3) is 0 Å². The van der Waals surface area contributed by atoms with Crippen LogP contribution < -0.4 is 9.46 Å². The molecule has 1 heterocycles. The molecule has 1 aliphatic heterocycles. The first-order valence-electron chi connectivity index (χ1n) is 7.37. The molecule has 0 bridgehead atoms. The van der Waals surface area contributed by atoms with Crippen molar-refractivity contribution >= 4 is 10.0 Å². The fourth-order valence-corrected chi connectivity index (χ4v) is 3.41. The van der Waals surface area contributed by atoms with Gasteiger partial charge in [-0.2, -0.15) is 0 Å². The zero-order valence-electron chi connectivity index (χ0n) is 12.6. The summed E-state index contributed by atoms with van der Waals surface area (Å²) in [4.78, 5) is 0.266. The van der Waals surface area contributed by atoms with Crippen LogP contribution in [-0.4, -0.2) is 34.3 Å². The Bertz CT molecular complexity index is 565. The van der Waals surface area contributed by atoms with E-state index in [-0.39, 0.29) is 11.0 Å². The van der Waals surface area contributed by atoms with Crippen LogP contribution in [-0.2, 0) is 14.8 Å². The first-order valence-corrected chi connectivity index (χ1v) is 8.86. The molecule has 0 radical (unpaired) electrons. The van der Waals surface area contributed by atoms with Crippen molar-refractivity contribution in [3.05, 3.63) is 23.8 Å². The maximum Gasteiger partial charge on any atom is 0.240 e. The minimum absolute atomic E-state index is 0.00645. The number of sulfonamides is 1. The molecule has 1 aliphatic rings. The van der Waals surface area contributed by atoms with Gasteiger partial charge in [-0.25, -0.2) is 13.1 Å². The second-order valence-electron chi connectivity index (χ2n) is 5.26. The first-order chi connectivity index (χ1) is 10.0. The molecule has 1 atom stereocenters. The predicted octanol–water partition coefficient (Wildman–Crippen LogP) is 2.24. The smallest absolute Gasteiger partial charge is 0.240 e. The molecule has 1 fully saturated rings. The summed E-state index contributed by atoms with van der Waals surface area (Å²) >= 11 is 0. The average molecular weight is 313 g/mol. The Labute approximate surface area is 126 Å². The van der Waals surface area contributed by atoms with Gasteiger partial charge in [0, 0.05) is 13.2 Å². The molecule has 1 aromatic rings. The van der Waals surface area contributed by atoms with Gasteiger partial charge in [0.2, 0.25) is 10.0 Å². The Morgan fingerprint density at radius 3 is 2.86 bits per heavy atom. The van der Waals surface area contributed by atoms with Crippen LogP contribution in [0.15, 0.2) is 23.1 Å². The van der Waals surface area contributed by atoms with Crippen molar-refractivity contribution in [2.45, 2.75) is 44.1 Å². The van der Waals surface area contributed by atoms with Gasteiger partial charge in [0.15, 0.2) is 0 Å². The molecule has 2 rings (SSSR count). The number of hydrogen-bond donors (Lipinski definition) is 1. The lowest BCUT2D eigenvalue weighted by Crippen LogP contribution is -2.31. The largest absolute Gasteiger partial charge is 0.493 e. The van der Waals surface area contributed by atoms with Crippen molar-refractivity contribution in [3.8, 4) is 5.75 Å². The van der Waals surface area contributed by atoms with Gasteiger partial charge in [-0.3, -0.25) is 0 Å². The summed E-state index contributed by atoms with van der Waals surface area (Å²) in [6.07, 6.45) is 2.82. The SMILES string of the molecule is CCCOc1ccc(S(=O)(=O)NC[C@@H]2CCCO2)cc1C. The van der Waals surface area contributed by atoms with E-state index in [1.807, 2.05) is 13.8 Å². The van der Waals surface area contributed by atoms with E-state index in [2.05, 4.69) is 4.72 Å². The van der Waals surface area contributed by atoms with Crippen LogP contribution in [0.1, 0.15) is 31.7 Å². The molecule has 1 aromatic carbocycles. The number of benzene rings is 1. The van der Waals surface area contributed by atoms with E-state index >= 15 is 0 Å². The highest BCUT2D eigenvalue weighted by Gasteiger charge is 2.20. The second-order valence-corrected chi connectivity index (χ2v) is 7.03. The summed E-state index contributed by atoms with van der Waals surface area (Å²) in [5.74, 6) is 0.731. The number of rotatable bonds is 7. The number of aryl methyl sites for hydroxylation is 1. The second kappa shape index (κ2) is 7.24. The minimum atomic E-state index is -3.49.